The Morgan fingerprint density at radius 2 is 1.95 bits per heavy atom. The Labute approximate surface area is 121 Å². The summed E-state index contributed by atoms with van der Waals surface area (Å²) in [4.78, 5) is 11.4. The third kappa shape index (κ3) is 7.26. The fourth-order valence-electron chi connectivity index (χ4n) is 1.95. The minimum absolute atomic E-state index is 0.115. The van der Waals surface area contributed by atoms with Crippen LogP contribution >= 0.6 is 0 Å². The van der Waals surface area contributed by atoms with Gasteiger partial charge in [-0.1, -0.05) is 50.1 Å². The highest BCUT2D eigenvalue weighted by atomic mass is 16.3. The van der Waals surface area contributed by atoms with Gasteiger partial charge in [0, 0.05) is 26.1 Å². The molecule has 0 saturated heterocycles. The quantitative estimate of drug-likeness (QED) is 0.574. The molecule has 3 N–H and O–H groups in total. The van der Waals surface area contributed by atoms with Crippen LogP contribution in [-0.4, -0.2) is 30.6 Å². The monoisotopic (exact) mass is 278 g/mol. The Bertz CT molecular complexity index is 368. The predicted molar refractivity (Wildman–Crippen MR) is 81.4 cm³/mol. The molecule has 0 saturated carbocycles. The first kappa shape index (κ1) is 16.7. The van der Waals surface area contributed by atoms with Gasteiger partial charge < -0.3 is 15.7 Å². The molecule has 0 aliphatic carbocycles. The highest BCUT2D eigenvalue weighted by Crippen LogP contribution is 2.10. The molecule has 0 radical (unpaired) electrons. The maximum absolute atomic E-state index is 11.4. The third-order valence-electron chi connectivity index (χ3n) is 3.15. The summed E-state index contributed by atoms with van der Waals surface area (Å²) in [5.41, 5.74) is 0.906. The summed E-state index contributed by atoms with van der Waals surface area (Å²) in [6.07, 6.45) is 3.31. The second-order valence-electron chi connectivity index (χ2n) is 4.94. The van der Waals surface area contributed by atoms with Crippen LogP contribution in [0.15, 0.2) is 30.3 Å². The van der Waals surface area contributed by atoms with Gasteiger partial charge in [0.15, 0.2) is 0 Å². The Hall–Kier alpha value is -1.39. The summed E-state index contributed by atoms with van der Waals surface area (Å²) in [6.45, 7) is 3.89. The highest BCUT2D eigenvalue weighted by Gasteiger charge is 2.05. The molecule has 1 amide bonds. The standard InChI is InChI=1S/C16H26N2O2/c1-2-3-5-10-16(20)18-12-11-17-13-15(19)14-8-6-4-7-9-14/h4,6-9,15,17,19H,2-3,5,10-13H2,1H3,(H,18,20)/t15-/m0/s1. The van der Waals surface area contributed by atoms with Gasteiger partial charge in [0.1, 0.15) is 0 Å². The number of carbonyl (C=O) groups excluding carboxylic acids is 1. The number of aliphatic hydroxyl groups is 1. The first-order valence-electron chi connectivity index (χ1n) is 7.44. The van der Waals surface area contributed by atoms with Crippen molar-refractivity contribution in [1.29, 1.82) is 0 Å². The van der Waals surface area contributed by atoms with E-state index in [9.17, 15) is 9.90 Å². The van der Waals surface area contributed by atoms with Crippen molar-refractivity contribution >= 4 is 5.91 Å². The van der Waals surface area contributed by atoms with E-state index >= 15 is 0 Å². The molecule has 4 heteroatoms. The maximum Gasteiger partial charge on any atom is 0.220 e. The van der Waals surface area contributed by atoms with E-state index in [2.05, 4.69) is 17.6 Å². The van der Waals surface area contributed by atoms with Gasteiger partial charge in [0.25, 0.3) is 0 Å². The number of hydrogen-bond acceptors (Lipinski definition) is 3. The van der Waals surface area contributed by atoms with Crippen molar-refractivity contribution in [2.45, 2.75) is 38.7 Å². The van der Waals surface area contributed by atoms with Crippen LogP contribution in [-0.2, 0) is 4.79 Å². The van der Waals surface area contributed by atoms with E-state index in [0.717, 1.165) is 24.8 Å². The minimum atomic E-state index is -0.503. The van der Waals surface area contributed by atoms with Gasteiger partial charge in [-0.15, -0.1) is 0 Å². The maximum atomic E-state index is 11.4. The summed E-state index contributed by atoms with van der Waals surface area (Å²) in [5.74, 6) is 0.115. The predicted octanol–water partition coefficient (Wildman–Crippen LogP) is 2.01. The van der Waals surface area contributed by atoms with Gasteiger partial charge in [0.2, 0.25) is 5.91 Å². The van der Waals surface area contributed by atoms with Gasteiger partial charge in [-0.05, 0) is 12.0 Å². The van der Waals surface area contributed by atoms with Crippen molar-refractivity contribution in [2.24, 2.45) is 0 Å². The number of nitrogens with one attached hydrogen (secondary N) is 2. The van der Waals surface area contributed by atoms with Crippen molar-refractivity contribution in [1.82, 2.24) is 10.6 Å². The molecule has 0 aliphatic heterocycles. The van der Waals surface area contributed by atoms with Gasteiger partial charge in [-0.25, -0.2) is 0 Å². The van der Waals surface area contributed by atoms with E-state index in [0.29, 0.717) is 26.1 Å². The lowest BCUT2D eigenvalue weighted by Crippen LogP contribution is -2.33. The van der Waals surface area contributed by atoms with Crippen LogP contribution < -0.4 is 10.6 Å². The molecular formula is C16H26N2O2. The van der Waals surface area contributed by atoms with E-state index in [1.165, 1.54) is 0 Å². The lowest BCUT2D eigenvalue weighted by Gasteiger charge is -2.12. The van der Waals surface area contributed by atoms with E-state index in [-0.39, 0.29) is 5.91 Å². The normalized spacial score (nSPS) is 12.1. The highest BCUT2D eigenvalue weighted by molar-refractivity contribution is 5.75. The number of unbranched alkanes of at least 4 members (excludes halogenated alkanes) is 2. The van der Waals surface area contributed by atoms with E-state index in [1.807, 2.05) is 30.3 Å². The smallest absolute Gasteiger partial charge is 0.220 e. The second-order valence-corrected chi connectivity index (χ2v) is 4.94. The van der Waals surface area contributed by atoms with Crippen LogP contribution in [0.1, 0.15) is 44.3 Å². The summed E-state index contributed by atoms with van der Waals surface area (Å²) in [5, 5.41) is 15.9. The van der Waals surface area contributed by atoms with Gasteiger partial charge in [0.05, 0.1) is 6.10 Å². The SMILES string of the molecule is CCCCCC(=O)NCCNC[C@H](O)c1ccccc1. The van der Waals surface area contributed by atoms with Crippen molar-refractivity contribution in [3.8, 4) is 0 Å². The fourth-order valence-corrected chi connectivity index (χ4v) is 1.95. The summed E-state index contributed by atoms with van der Waals surface area (Å²) >= 11 is 0. The Morgan fingerprint density at radius 1 is 1.20 bits per heavy atom. The number of carbonyl (C=O) groups is 1. The number of aliphatic hydroxyl groups excluding tert-OH is 1. The third-order valence-corrected chi connectivity index (χ3v) is 3.15. The minimum Gasteiger partial charge on any atom is -0.387 e. The Balaban J connectivity index is 2.03. The largest absolute Gasteiger partial charge is 0.387 e. The molecule has 0 unspecified atom stereocenters. The lowest BCUT2D eigenvalue weighted by molar-refractivity contribution is -0.121. The van der Waals surface area contributed by atoms with Crippen LogP contribution in [0.3, 0.4) is 0 Å². The molecule has 1 rings (SSSR count). The van der Waals surface area contributed by atoms with Gasteiger partial charge in [-0.3, -0.25) is 4.79 Å². The number of rotatable bonds is 10. The average molecular weight is 278 g/mol. The van der Waals surface area contributed by atoms with E-state index < -0.39 is 6.10 Å². The molecule has 0 spiro atoms. The van der Waals surface area contributed by atoms with Gasteiger partial charge >= 0.3 is 0 Å². The zero-order valence-corrected chi connectivity index (χ0v) is 12.3. The van der Waals surface area contributed by atoms with Crippen molar-refractivity contribution in [3.63, 3.8) is 0 Å². The molecule has 0 heterocycles. The Morgan fingerprint density at radius 3 is 2.65 bits per heavy atom. The average Bonchev–Trinajstić information content (AvgIpc) is 2.48. The van der Waals surface area contributed by atoms with Crippen LogP contribution in [0.4, 0.5) is 0 Å². The van der Waals surface area contributed by atoms with Crippen LogP contribution in [0.25, 0.3) is 0 Å². The van der Waals surface area contributed by atoms with E-state index in [4.69, 9.17) is 0 Å². The first-order chi connectivity index (χ1) is 9.74. The first-order valence-corrected chi connectivity index (χ1v) is 7.44. The summed E-state index contributed by atoms with van der Waals surface area (Å²) in [6, 6.07) is 9.56. The molecule has 112 valence electrons. The van der Waals surface area contributed by atoms with Crippen molar-refractivity contribution in [3.05, 3.63) is 35.9 Å². The molecule has 1 atom stereocenters. The fraction of sp³-hybridized carbons (Fsp3) is 0.562. The Kier molecular flexibility index (Phi) is 8.67. The van der Waals surface area contributed by atoms with E-state index in [1.54, 1.807) is 0 Å². The van der Waals surface area contributed by atoms with Crippen LogP contribution in [0.5, 0.6) is 0 Å². The molecule has 4 nitrogen and oxygen atoms in total. The van der Waals surface area contributed by atoms with Gasteiger partial charge in [-0.2, -0.15) is 0 Å². The zero-order valence-electron chi connectivity index (χ0n) is 12.3. The van der Waals surface area contributed by atoms with Crippen molar-refractivity contribution in [2.75, 3.05) is 19.6 Å². The van der Waals surface area contributed by atoms with Crippen LogP contribution in [0, 0.1) is 0 Å². The number of hydrogen-bond donors (Lipinski definition) is 3. The van der Waals surface area contributed by atoms with Crippen molar-refractivity contribution < 1.29 is 9.90 Å². The summed E-state index contributed by atoms with van der Waals surface area (Å²) in [7, 11) is 0. The molecule has 0 aromatic heterocycles. The number of amides is 1. The molecule has 1 aromatic rings. The molecular weight excluding hydrogens is 252 g/mol. The molecule has 20 heavy (non-hydrogen) atoms. The zero-order chi connectivity index (χ0) is 14.6. The molecule has 0 fully saturated rings. The molecule has 0 aliphatic rings. The second kappa shape index (κ2) is 10.4. The number of benzene rings is 1. The van der Waals surface area contributed by atoms with Crippen LogP contribution in [0.2, 0.25) is 0 Å². The summed E-state index contributed by atoms with van der Waals surface area (Å²) < 4.78 is 0. The lowest BCUT2D eigenvalue weighted by atomic mass is 10.1. The molecule has 0 bridgehead atoms. The topological polar surface area (TPSA) is 61.4 Å². The molecule has 1 aromatic carbocycles.